The summed E-state index contributed by atoms with van der Waals surface area (Å²) in [4.78, 5) is 0. The van der Waals surface area contributed by atoms with Gasteiger partial charge in [0.15, 0.2) is 0 Å². The van der Waals surface area contributed by atoms with Gasteiger partial charge in [-0.25, -0.2) is 0 Å². The fraction of sp³-hybridized carbons (Fsp3) is 0.615. The average molecular weight is 367 g/mol. The van der Waals surface area contributed by atoms with Gasteiger partial charge in [0.05, 0.1) is 0 Å². The van der Waals surface area contributed by atoms with Gasteiger partial charge >= 0.3 is 0 Å². The quantitative estimate of drug-likeness (QED) is 0.364. The van der Waals surface area contributed by atoms with E-state index in [1.54, 1.807) is 0 Å². The molecule has 1 heterocycles. The van der Waals surface area contributed by atoms with E-state index in [2.05, 4.69) is 69.9 Å². The molecule has 1 nitrogen and oxygen atoms in total. The Kier molecular flexibility index (Phi) is 8.99. The minimum atomic E-state index is 0.411. The fourth-order valence-electron chi connectivity index (χ4n) is 4.03. The van der Waals surface area contributed by atoms with Crippen molar-refractivity contribution < 1.29 is 4.74 Å². The maximum atomic E-state index is 6.29. The molecule has 0 saturated heterocycles. The Labute approximate surface area is 167 Å². The van der Waals surface area contributed by atoms with Crippen LogP contribution in [0, 0.1) is 29.6 Å². The molecule has 0 aromatic carbocycles. The zero-order chi connectivity index (χ0) is 19.6. The van der Waals surface area contributed by atoms with Crippen molar-refractivity contribution in [2.75, 3.05) is 0 Å². The summed E-state index contributed by atoms with van der Waals surface area (Å²) < 4.78 is 6.29. The van der Waals surface area contributed by atoms with E-state index in [1.807, 2.05) is 6.92 Å². The first-order chi connectivity index (χ1) is 13.1. The predicted octanol–water partition coefficient (Wildman–Crippen LogP) is 7.37. The Morgan fingerprint density at radius 1 is 1.26 bits per heavy atom. The number of unbranched alkanes of at least 4 members (excludes halogenated alkanes) is 1. The number of fused-ring (bicyclic) bond motifs is 2. The topological polar surface area (TPSA) is 9.23 Å². The summed E-state index contributed by atoms with van der Waals surface area (Å²) in [6, 6.07) is 0. The molecule has 4 atom stereocenters. The van der Waals surface area contributed by atoms with Crippen molar-refractivity contribution in [3.05, 3.63) is 47.3 Å². The first-order valence-electron chi connectivity index (χ1n) is 10.9. The first kappa shape index (κ1) is 21.6. The third-order valence-electron chi connectivity index (χ3n) is 5.77. The van der Waals surface area contributed by atoms with Crippen molar-refractivity contribution in [1.82, 2.24) is 0 Å². The molecular weight excluding hydrogens is 328 g/mol. The molecular formula is C26H38O. The summed E-state index contributed by atoms with van der Waals surface area (Å²) in [5.74, 6) is 9.27. The molecule has 0 N–H and O–H groups in total. The summed E-state index contributed by atoms with van der Waals surface area (Å²) in [7, 11) is 0. The van der Waals surface area contributed by atoms with E-state index in [9.17, 15) is 0 Å². The van der Waals surface area contributed by atoms with Crippen LogP contribution >= 0.6 is 0 Å². The van der Waals surface area contributed by atoms with Gasteiger partial charge in [0.25, 0.3) is 0 Å². The van der Waals surface area contributed by atoms with Crippen LogP contribution in [0.3, 0.4) is 0 Å². The molecule has 27 heavy (non-hydrogen) atoms. The molecule has 1 unspecified atom stereocenters. The zero-order valence-corrected chi connectivity index (χ0v) is 18.1. The molecule has 148 valence electrons. The van der Waals surface area contributed by atoms with E-state index in [0.29, 0.717) is 23.9 Å². The Bertz CT molecular complexity index is 647. The van der Waals surface area contributed by atoms with Crippen molar-refractivity contribution in [3.63, 3.8) is 0 Å². The molecule has 0 radical (unpaired) electrons. The van der Waals surface area contributed by atoms with Gasteiger partial charge in [0, 0.05) is 18.8 Å². The number of hydrogen-bond donors (Lipinski definition) is 0. The van der Waals surface area contributed by atoms with Crippen LogP contribution in [0.2, 0.25) is 0 Å². The molecule has 0 aromatic rings. The standard InChI is InChI=1S/C22H28O.C4H10/c1-4-5-8-16(2)9-6-11-18-13-14-20-22(18)19-12-7-10-17(3)15-21(19)23-20;1-3-4-2/h6-7,10-12,16,18,20,22H,8-9,13-15H2,1-3H3;3-4H2,1-2H3/b11-6+;/t16?,18-,20-,22-;/m0./s1. The number of allylic oxidation sites excluding steroid dienone is 6. The van der Waals surface area contributed by atoms with Gasteiger partial charge in [-0.15, -0.1) is 11.8 Å². The van der Waals surface area contributed by atoms with E-state index in [0.717, 1.165) is 19.3 Å². The molecule has 0 amide bonds. The van der Waals surface area contributed by atoms with Gasteiger partial charge in [-0.3, -0.25) is 0 Å². The average Bonchev–Trinajstić information content (AvgIpc) is 3.14. The monoisotopic (exact) mass is 366 g/mol. The van der Waals surface area contributed by atoms with Gasteiger partial charge < -0.3 is 4.74 Å². The highest BCUT2D eigenvalue weighted by molar-refractivity contribution is 5.39. The van der Waals surface area contributed by atoms with Crippen LogP contribution in [-0.2, 0) is 4.74 Å². The van der Waals surface area contributed by atoms with Gasteiger partial charge in [0.2, 0.25) is 0 Å². The van der Waals surface area contributed by atoms with Crippen LogP contribution in [0.4, 0.5) is 0 Å². The van der Waals surface area contributed by atoms with Crippen molar-refractivity contribution >= 4 is 0 Å². The first-order valence-corrected chi connectivity index (χ1v) is 10.9. The molecule has 2 aliphatic carbocycles. The summed E-state index contributed by atoms with van der Waals surface area (Å²) >= 11 is 0. The SMILES string of the molecule is CC#CCC(C)C/C=C/[C@H]1CC[C@@H]2OC3=C(C=CC=C(C)C3)[C@@H]21.CCCC. The third kappa shape index (κ3) is 6.17. The minimum absolute atomic E-state index is 0.411. The Balaban J connectivity index is 0.000000596. The third-order valence-corrected chi connectivity index (χ3v) is 5.77. The molecule has 1 aliphatic heterocycles. The lowest BCUT2D eigenvalue weighted by Crippen LogP contribution is -2.15. The van der Waals surface area contributed by atoms with E-state index in [-0.39, 0.29) is 0 Å². The van der Waals surface area contributed by atoms with Crippen LogP contribution < -0.4 is 0 Å². The van der Waals surface area contributed by atoms with E-state index in [4.69, 9.17) is 4.74 Å². The second kappa shape index (κ2) is 11.2. The highest BCUT2D eigenvalue weighted by Gasteiger charge is 2.44. The Morgan fingerprint density at radius 2 is 2.04 bits per heavy atom. The highest BCUT2D eigenvalue weighted by atomic mass is 16.5. The molecule has 1 saturated carbocycles. The molecule has 3 aliphatic rings. The van der Waals surface area contributed by atoms with Crippen LogP contribution in [0.25, 0.3) is 0 Å². The molecule has 0 spiro atoms. The van der Waals surface area contributed by atoms with Crippen molar-refractivity contribution in [2.45, 2.75) is 85.7 Å². The maximum absolute atomic E-state index is 6.29. The summed E-state index contributed by atoms with van der Waals surface area (Å²) in [6.45, 7) is 10.8. The Hall–Kier alpha value is -1.68. The molecule has 1 heteroatoms. The van der Waals surface area contributed by atoms with Crippen molar-refractivity contribution in [1.29, 1.82) is 0 Å². The van der Waals surface area contributed by atoms with Crippen LogP contribution in [0.1, 0.15) is 79.6 Å². The second-order valence-electron chi connectivity index (χ2n) is 8.25. The summed E-state index contributed by atoms with van der Waals surface area (Å²) in [5, 5.41) is 0. The van der Waals surface area contributed by atoms with Gasteiger partial charge in [0.1, 0.15) is 11.9 Å². The maximum Gasteiger partial charge on any atom is 0.106 e. The highest BCUT2D eigenvalue weighted by Crippen LogP contribution is 2.48. The van der Waals surface area contributed by atoms with E-state index in [1.165, 1.54) is 42.6 Å². The fourth-order valence-corrected chi connectivity index (χ4v) is 4.03. The normalized spacial score (nSPS) is 26.9. The van der Waals surface area contributed by atoms with Crippen LogP contribution in [0.5, 0.6) is 0 Å². The van der Waals surface area contributed by atoms with Crippen LogP contribution in [0.15, 0.2) is 47.3 Å². The molecule has 0 bridgehead atoms. The largest absolute Gasteiger partial charge is 0.493 e. The molecule has 0 aromatic heterocycles. The minimum Gasteiger partial charge on any atom is -0.493 e. The van der Waals surface area contributed by atoms with Crippen molar-refractivity contribution in [3.8, 4) is 11.8 Å². The van der Waals surface area contributed by atoms with Gasteiger partial charge in [-0.05, 0) is 50.5 Å². The predicted molar refractivity (Wildman–Crippen MR) is 117 cm³/mol. The smallest absolute Gasteiger partial charge is 0.106 e. The Morgan fingerprint density at radius 3 is 2.74 bits per heavy atom. The number of hydrogen-bond acceptors (Lipinski definition) is 1. The molecule has 3 rings (SSSR count). The van der Waals surface area contributed by atoms with Crippen molar-refractivity contribution in [2.24, 2.45) is 17.8 Å². The van der Waals surface area contributed by atoms with E-state index < -0.39 is 0 Å². The number of ether oxygens (including phenoxy) is 1. The van der Waals surface area contributed by atoms with Gasteiger partial charge in [-0.1, -0.05) is 69.6 Å². The van der Waals surface area contributed by atoms with Crippen LogP contribution in [-0.4, -0.2) is 6.10 Å². The molecule has 1 fully saturated rings. The summed E-state index contributed by atoms with van der Waals surface area (Å²) in [6.07, 6.45) is 20.2. The number of rotatable bonds is 5. The van der Waals surface area contributed by atoms with Gasteiger partial charge in [-0.2, -0.15) is 0 Å². The zero-order valence-electron chi connectivity index (χ0n) is 18.1. The lowest BCUT2D eigenvalue weighted by molar-refractivity contribution is 0.122. The van der Waals surface area contributed by atoms with E-state index >= 15 is 0 Å². The lowest BCUT2D eigenvalue weighted by Gasteiger charge is -2.16. The summed E-state index contributed by atoms with van der Waals surface area (Å²) in [5.41, 5.74) is 2.85. The second-order valence-corrected chi connectivity index (χ2v) is 8.25. The lowest BCUT2D eigenvalue weighted by atomic mass is 9.87.